The monoisotopic (exact) mass is 273 g/mol. The molecule has 3 N–H and O–H groups in total. The Morgan fingerprint density at radius 2 is 2.05 bits per heavy atom. The van der Waals surface area contributed by atoms with Crippen molar-refractivity contribution < 1.29 is 28.6 Å². The van der Waals surface area contributed by atoms with Gasteiger partial charge in [0.25, 0.3) is 0 Å². The third-order valence-corrected chi connectivity index (χ3v) is 2.52. The van der Waals surface area contributed by atoms with E-state index in [9.17, 15) is 28.6 Å². The number of halogens is 2. The number of hydrogen-bond acceptors (Lipinski definition) is 4. The second-order valence-electron chi connectivity index (χ2n) is 3.93. The molecule has 0 aliphatic carbocycles. The average Bonchev–Trinajstić information content (AvgIpc) is 2.35. The van der Waals surface area contributed by atoms with Crippen LogP contribution in [-0.2, 0) is 4.79 Å². The van der Waals surface area contributed by atoms with Gasteiger partial charge < -0.3 is 15.5 Å². The van der Waals surface area contributed by atoms with Crippen LogP contribution in [0.2, 0.25) is 0 Å². The predicted octanol–water partition coefficient (Wildman–Crippen LogP) is 0.308. The lowest BCUT2D eigenvalue weighted by Crippen LogP contribution is -2.34. The van der Waals surface area contributed by atoms with E-state index in [0.29, 0.717) is 0 Å². The van der Waals surface area contributed by atoms with E-state index >= 15 is 0 Å². The summed E-state index contributed by atoms with van der Waals surface area (Å²) in [5.74, 6) is -2.72. The van der Waals surface area contributed by atoms with Crippen molar-refractivity contribution in [3.05, 3.63) is 34.9 Å². The fourth-order valence-corrected chi connectivity index (χ4v) is 1.49. The highest BCUT2D eigenvalue weighted by Gasteiger charge is 2.24. The van der Waals surface area contributed by atoms with E-state index in [2.05, 4.69) is 5.32 Å². The van der Waals surface area contributed by atoms with Gasteiger partial charge in [-0.1, -0.05) is 6.07 Å². The van der Waals surface area contributed by atoms with Crippen LogP contribution in [0.1, 0.15) is 28.9 Å². The van der Waals surface area contributed by atoms with Crippen LogP contribution in [0.5, 0.6) is 0 Å². The molecule has 1 aromatic rings. The van der Waals surface area contributed by atoms with Crippen molar-refractivity contribution in [1.82, 2.24) is 5.32 Å². The topological polar surface area (TPSA) is 86.6 Å². The second-order valence-corrected chi connectivity index (χ2v) is 3.93. The lowest BCUT2D eigenvalue weighted by Gasteiger charge is -2.19. The lowest BCUT2D eigenvalue weighted by atomic mass is 10.0. The molecule has 5 nitrogen and oxygen atoms in total. The van der Waals surface area contributed by atoms with Gasteiger partial charge in [-0.15, -0.1) is 0 Å². The molecule has 0 heterocycles. The number of rotatable bonds is 5. The van der Waals surface area contributed by atoms with Gasteiger partial charge in [0.15, 0.2) is 6.29 Å². The highest BCUT2D eigenvalue weighted by atomic mass is 19.1. The molecule has 0 radical (unpaired) electrons. The standard InChI is InChI=1S/C12H13F2NO4/c1-6(17)15-4-10(18)12(19)7-2-3-9(13)8(5-16)11(7)14/h2-3,5,10,12,18-19H,4H2,1H3,(H,15,17). The maximum Gasteiger partial charge on any atom is 0.216 e. The SMILES string of the molecule is CC(=O)NCC(O)C(O)c1ccc(F)c(C=O)c1F. The third kappa shape index (κ3) is 3.55. The quantitative estimate of drug-likeness (QED) is 0.674. The second kappa shape index (κ2) is 6.35. The Balaban J connectivity index is 2.96. The lowest BCUT2D eigenvalue weighted by molar-refractivity contribution is -0.119. The van der Waals surface area contributed by atoms with Crippen LogP contribution in [0, 0.1) is 11.6 Å². The van der Waals surface area contributed by atoms with Crippen molar-refractivity contribution >= 4 is 12.2 Å². The molecule has 0 aliphatic heterocycles. The number of aldehydes is 1. The van der Waals surface area contributed by atoms with Crippen LogP contribution in [0.4, 0.5) is 8.78 Å². The molecule has 2 unspecified atom stereocenters. The van der Waals surface area contributed by atoms with Gasteiger partial charge in [-0.05, 0) is 6.07 Å². The zero-order chi connectivity index (χ0) is 14.6. The number of carbonyl (C=O) groups excluding carboxylic acids is 2. The molecular weight excluding hydrogens is 260 g/mol. The zero-order valence-electron chi connectivity index (χ0n) is 10.1. The van der Waals surface area contributed by atoms with E-state index in [1.807, 2.05) is 0 Å². The van der Waals surface area contributed by atoms with Crippen LogP contribution in [-0.4, -0.2) is 35.1 Å². The molecule has 0 saturated carbocycles. The van der Waals surface area contributed by atoms with Crippen LogP contribution in [0.3, 0.4) is 0 Å². The molecule has 19 heavy (non-hydrogen) atoms. The number of hydrogen-bond donors (Lipinski definition) is 3. The fourth-order valence-electron chi connectivity index (χ4n) is 1.49. The van der Waals surface area contributed by atoms with Crippen molar-refractivity contribution in [3.8, 4) is 0 Å². The van der Waals surface area contributed by atoms with E-state index in [-0.39, 0.29) is 12.8 Å². The molecule has 0 fully saturated rings. The van der Waals surface area contributed by atoms with Crippen LogP contribution < -0.4 is 5.32 Å². The van der Waals surface area contributed by atoms with E-state index in [1.54, 1.807) is 0 Å². The maximum absolute atomic E-state index is 13.7. The van der Waals surface area contributed by atoms with Crippen LogP contribution >= 0.6 is 0 Å². The minimum Gasteiger partial charge on any atom is -0.388 e. The van der Waals surface area contributed by atoms with Gasteiger partial charge >= 0.3 is 0 Å². The first-order chi connectivity index (χ1) is 8.88. The molecule has 104 valence electrons. The van der Waals surface area contributed by atoms with Crippen LogP contribution in [0.15, 0.2) is 12.1 Å². The Bertz CT molecular complexity index is 493. The molecule has 1 amide bonds. The van der Waals surface area contributed by atoms with Gasteiger partial charge in [0.05, 0.1) is 5.56 Å². The highest BCUT2D eigenvalue weighted by molar-refractivity contribution is 5.76. The minimum absolute atomic E-state index is 0.0128. The molecule has 1 aromatic carbocycles. The summed E-state index contributed by atoms with van der Waals surface area (Å²) in [6, 6.07) is 1.75. The number of amides is 1. The van der Waals surface area contributed by atoms with Crippen molar-refractivity contribution in [3.63, 3.8) is 0 Å². The van der Waals surface area contributed by atoms with E-state index in [0.717, 1.165) is 12.1 Å². The summed E-state index contributed by atoms with van der Waals surface area (Å²) in [5.41, 5.74) is -1.23. The third-order valence-electron chi connectivity index (χ3n) is 2.52. The largest absolute Gasteiger partial charge is 0.388 e. The summed E-state index contributed by atoms with van der Waals surface area (Å²) in [7, 11) is 0. The Morgan fingerprint density at radius 1 is 1.42 bits per heavy atom. The molecule has 0 aromatic heterocycles. The zero-order valence-corrected chi connectivity index (χ0v) is 10.1. The number of nitrogens with one attached hydrogen (secondary N) is 1. The van der Waals surface area contributed by atoms with E-state index in [4.69, 9.17) is 0 Å². The van der Waals surface area contributed by atoms with Crippen molar-refractivity contribution in [2.24, 2.45) is 0 Å². The first kappa shape index (κ1) is 15.2. The van der Waals surface area contributed by atoms with Gasteiger partial charge in [-0.25, -0.2) is 8.78 Å². The fraction of sp³-hybridized carbons (Fsp3) is 0.333. The van der Waals surface area contributed by atoms with Crippen molar-refractivity contribution in [1.29, 1.82) is 0 Å². The minimum atomic E-state index is -1.69. The summed E-state index contributed by atoms with van der Waals surface area (Å²) in [6.07, 6.45) is -3.18. The Labute approximate surface area is 107 Å². The Morgan fingerprint density at radius 3 is 2.58 bits per heavy atom. The summed E-state index contributed by atoms with van der Waals surface area (Å²) < 4.78 is 26.8. The van der Waals surface area contributed by atoms with Crippen molar-refractivity contribution in [2.45, 2.75) is 19.1 Å². The first-order valence-electron chi connectivity index (χ1n) is 5.42. The smallest absolute Gasteiger partial charge is 0.216 e. The van der Waals surface area contributed by atoms with Gasteiger partial charge in [-0.2, -0.15) is 0 Å². The van der Waals surface area contributed by atoms with E-state index in [1.165, 1.54) is 6.92 Å². The summed E-state index contributed by atoms with van der Waals surface area (Å²) in [4.78, 5) is 21.2. The van der Waals surface area contributed by atoms with Gasteiger partial charge in [-0.3, -0.25) is 9.59 Å². The first-order valence-corrected chi connectivity index (χ1v) is 5.42. The molecule has 2 atom stereocenters. The molecule has 0 spiro atoms. The molecule has 0 bridgehead atoms. The Kier molecular flexibility index (Phi) is 5.08. The molecule has 0 saturated heterocycles. The number of benzene rings is 1. The summed E-state index contributed by atoms with van der Waals surface area (Å²) >= 11 is 0. The van der Waals surface area contributed by atoms with Crippen LogP contribution in [0.25, 0.3) is 0 Å². The van der Waals surface area contributed by atoms with Crippen molar-refractivity contribution in [2.75, 3.05) is 6.54 Å². The molecule has 0 aliphatic rings. The number of aliphatic hydroxyl groups excluding tert-OH is 2. The predicted molar refractivity (Wildman–Crippen MR) is 61.4 cm³/mol. The Hall–Kier alpha value is -1.86. The van der Waals surface area contributed by atoms with E-state index < -0.39 is 40.9 Å². The number of carbonyl (C=O) groups is 2. The van der Waals surface area contributed by atoms with Gasteiger partial charge in [0.1, 0.15) is 23.8 Å². The van der Waals surface area contributed by atoms with Gasteiger partial charge in [0.2, 0.25) is 5.91 Å². The maximum atomic E-state index is 13.7. The molecule has 1 rings (SSSR count). The normalized spacial score (nSPS) is 13.7. The number of aliphatic hydroxyl groups is 2. The molecule has 7 heteroatoms. The molecular formula is C12H13F2NO4. The van der Waals surface area contributed by atoms with Gasteiger partial charge in [0, 0.05) is 19.0 Å². The highest BCUT2D eigenvalue weighted by Crippen LogP contribution is 2.23. The summed E-state index contributed by atoms with van der Waals surface area (Å²) in [5, 5.41) is 21.5. The average molecular weight is 273 g/mol. The summed E-state index contributed by atoms with van der Waals surface area (Å²) in [6.45, 7) is 0.909.